The molecule has 2 aromatic carbocycles. The average molecular weight is 307 g/mol. The number of ether oxygens (including phenoxy) is 1. The van der Waals surface area contributed by atoms with Gasteiger partial charge in [-0.25, -0.2) is 0 Å². The zero-order valence-corrected chi connectivity index (χ0v) is 12.3. The van der Waals surface area contributed by atoms with Crippen molar-refractivity contribution in [2.24, 2.45) is 5.73 Å². The summed E-state index contributed by atoms with van der Waals surface area (Å²) in [6.07, 6.45) is 0. The van der Waals surface area contributed by atoms with Crippen LogP contribution in [0.15, 0.2) is 36.4 Å². The molecule has 0 saturated carbocycles. The normalized spacial score (nSPS) is 10.4. The van der Waals surface area contributed by atoms with Gasteiger partial charge in [-0.1, -0.05) is 29.3 Å². The Morgan fingerprint density at radius 1 is 1.24 bits per heavy atom. The molecule has 0 aliphatic rings. The molecule has 5 nitrogen and oxygen atoms in total. The number of hydrogen-bond acceptors (Lipinski definition) is 4. The SMILES string of the molecule is Cc1ccc(OCc2cc(Cl)ccc2[N+](=O)[O-])c(CN)c1. The van der Waals surface area contributed by atoms with Gasteiger partial charge in [0.1, 0.15) is 12.4 Å². The molecule has 0 unspecified atom stereocenters. The van der Waals surface area contributed by atoms with Crippen LogP contribution in [0.5, 0.6) is 5.75 Å². The van der Waals surface area contributed by atoms with E-state index in [4.69, 9.17) is 22.1 Å². The molecule has 0 bridgehead atoms. The van der Waals surface area contributed by atoms with Gasteiger partial charge in [0.2, 0.25) is 0 Å². The second-order valence-electron chi connectivity index (χ2n) is 4.63. The van der Waals surface area contributed by atoms with E-state index < -0.39 is 4.92 Å². The van der Waals surface area contributed by atoms with Crippen molar-refractivity contribution >= 4 is 17.3 Å². The lowest BCUT2D eigenvalue weighted by atomic mass is 10.1. The smallest absolute Gasteiger partial charge is 0.276 e. The molecule has 0 spiro atoms. The van der Waals surface area contributed by atoms with Crippen LogP contribution in [0.3, 0.4) is 0 Å². The van der Waals surface area contributed by atoms with Gasteiger partial charge in [-0.15, -0.1) is 0 Å². The van der Waals surface area contributed by atoms with Gasteiger partial charge in [0, 0.05) is 23.2 Å². The number of nitro benzene ring substituents is 1. The summed E-state index contributed by atoms with van der Waals surface area (Å²) in [5.41, 5.74) is 8.04. The van der Waals surface area contributed by atoms with Crippen molar-refractivity contribution < 1.29 is 9.66 Å². The van der Waals surface area contributed by atoms with Gasteiger partial charge >= 0.3 is 0 Å². The van der Waals surface area contributed by atoms with Crippen LogP contribution in [0.2, 0.25) is 5.02 Å². The second-order valence-corrected chi connectivity index (χ2v) is 5.07. The minimum atomic E-state index is -0.450. The Bertz CT molecular complexity index is 674. The van der Waals surface area contributed by atoms with Crippen LogP contribution in [0.25, 0.3) is 0 Å². The third-order valence-corrected chi connectivity index (χ3v) is 3.29. The summed E-state index contributed by atoms with van der Waals surface area (Å²) in [7, 11) is 0. The largest absolute Gasteiger partial charge is 0.488 e. The first-order valence-electron chi connectivity index (χ1n) is 6.36. The van der Waals surface area contributed by atoms with E-state index in [9.17, 15) is 10.1 Å². The number of nitrogens with zero attached hydrogens (tertiary/aromatic N) is 1. The fourth-order valence-corrected chi connectivity index (χ4v) is 2.21. The first-order chi connectivity index (χ1) is 10.0. The van der Waals surface area contributed by atoms with Crippen molar-refractivity contribution in [1.82, 2.24) is 0 Å². The van der Waals surface area contributed by atoms with E-state index in [0.717, 1.165) is 11.1 Å². The van der Waals surface area contributed by atoms with Gasteiger partial charge < -0.3 is 10.5 Å². The third-order valence-electron chi connectivity index (χ3n) is 3.06. The van der Waals surface area contributed by atoms with E-state index in [1.807, 2.05) is 25.1 Å². The first-order valence-corrected chi connectivity index (χ1v) is 6.74. The number of nitro groups is 1. The molecule has 0 amide bonds. The molecular weight excluding hydrogens is 292 g/mol. The zero-order chi connectivity index (χ0) is 15.4. The molecule has 21 heavy (non-hydrogen) atoms. The molecule has 0 heterocycles. The maximum Gasteiger partial charge on any atom is 0.276 e. The van der Waals surface area contributed by atoms with Gasteiger partial charge in [-0.05, 0) is 25.1 Å². The van der Waals surface area contributed by atoms with Crippen molar-refractivity contribution in [3.8, 4) is 5.75 Å². The van der Waals surface area contributed by atoms with Crippen LogP contribution in [0, 0.1) is 17.0 Å². The number of hydrogen-bond donors (Lipinski definition) is 1. The molecule has 0 aliphatic carbocycles. The van der Waals surface area contributed by atoms with Crippen molar-refractivity contribution in [2.75, 3.05) is 0 Å². The molecular formula is C15H15ClN2O3. The summed E-state index contributed by atoms with van der Waals surface area (Å²) in [5, 5.41) is 11.4. The first kappa shape index (κ1) is 15.3. The van der Waals surface area contributed by atoms with Gasteiger partial charge in [-0.3, -0.25) is 10.1 Å². The highest BCUT2D eigenvalue weighted by Crippen LogP contribution is 2.26. The van der Waals surface area contributed by atoms with E-state index in [1.54, 1.807) is 0 Å². The van der Waals surface area contributed by atoms with E-state index in [-0.39, 0.29) is 12.3 Å². The number of aryl methyl sites for hydroxylation is 1. The maximum absolute atomic E-state index is 11.0. The Balaban J connectivity index is 2.24. The van der Waals surface area contributed by atoms with E-state index in [0.29, 0.717) is 22.9 Å². The minimum absolute atomic E-state index is 0.0131. The molecule has 0 fully saturated rings. The lowest BCUT2D eigenvalue weighted by Crippen LogP contribution is -2.05. The molecule has 2 N–H and O–H groups in total. The molecule has 0 aliphatic heterocycles. The fraction of sp³-hybridized carbons (Fsp3) is 0.200. The highest BCUT2D eigenvalue weighted by molar-refractivity contribution is 6.30. The van der Waals surface area contributed by atoms with Crippen molar-refractivity contribution in [3.63, 3.8) is 0 Å². The summed E-state index contributed by atoms with van der Waals surface area (Å²) in [4.78, 5) is 10.5. The summed E-state index contributed by atoms with van der Waals surface area (Å²) in [5.74, 6) is 0.623. The molecule has 0 aromatic heterocycles. The highest BCUT2D eigenvalue weighted by Gasteiger charge is 2.15. The summed E-state index contributed by atoms with van der Waals surface area (Å²) in [6.45, 7) is 2.37. The lowest BCUT2D eigenvalue weighted by Gasteiger charge is -2.11. The summed E-state index contributed by atoms with van der Waals surface area (Å²) in [6, 6.07) is 10.0. The van der Waals surface area contributed by atoms with Gasteiger partial charge in [0.25, 0.3) is 5.69 Å². The summed E-state index contributed by atoms with van der Waals surface area (Å²) >= 11 is 5.88. The maximum atomic E-state index is 11.0. The lowest BCUT2D eigenvalue weighted by molar-refractivity contribution is -0.385. The van der Waals surface area contributed by atoms with Gasteiger partial charge in [0.15, 0.2) is 0 Å². The van der Waals surface area contributed by atoms with E-state index in [1.165, 1.54) is 18.2 Å². The Morgan fingerprint density at radius 2 is 2.00 bits per heavy atom. The zero-order valence-electron chi connectivity index (χ0n) is 11.5. The van der Waals surface area contributed by atoms with E-state index in [2.05, 4.69) is 0 Å². The van der Waals surface area contributed by atoms with Crippen LogP contribution >= 0.6 is 11.6 Å². The Morgan fingerprint density at radius 3 is 2.67 bits per heavy atom. The number of nitrogens with two attached hydrogens (primary N) is 1. The Hall–Kier alpha value is -2.11. The fourth-order valence-electron chi connectivity index (χ4n) is 2.01. The molecule has 6 heteroatoms. The quantitative estimate of drug-likeness (QED) is 0.676. The summed E-state index contributed by atoms with van der Waals surface area (Å²) < 4.78 is 5.67. The van der Waals surface area contributed by atoms with Crippen LogP contribution < -0.4 is 10.5 Å². The molecule has 2 rings (SSSR count). The average Bonchev–Trinajstić information content (AvgIpc) is 2.45. The van der Waals surface area contributed by atoms with Crippen molar-refractivity contribution in [2.45, 2.75) is 20.1 Å². The topological polar surface area (TPSA) is 78.4 Å². The second kappa shape index (κ2) is 6.56. The van der Waals surface area contributed by atoms with E-state index >= 15 is 0 Å². The molecule has 0 radical (unpaired) electrons. The minimum Gasteiger partial charge on any atom is -0.488 e. The van der Waals surface area contributed by atoms with Gasteiger partial charge in [-0.2, -0.15) is 0 Å². The number of rotatable bonds is 5. The standard InChI is InChI=1S/C15H15ClN2O3/c1-10-2-5-15(11(6-10)8-17)21-9-12-7-13(16)3-4-14(12)18(19)20/h2-7H,8-9,17H2,1H3. The van der Waals surface area contributed by atoms with Crippen LogP contribution in [0.1, 0.15) is 16.7 Å². The third kappa shape index (κ3) is 3.71. The van der Waals surface area contributed by atoms with Crippen molar-refractivity contribution in [3.05, 3.63) is 68.2 Å². The number of halogens is 1. The van der Waals surface area contributed by atoms with Crippen LogP contribution in [0.4, 0.5) is 5.69 Å². The predicted octanol–water partition coefficient (Wildman–Crippen LogP) is 3.59. The van der Waals surface area contributed by atoms with Crippen LogP contribution in [-0.2, 0) is 13.2 Å². The predicted molar refractivity (Wildman–Crippen MR) is 81.5 cm³/mol. The molecule has 0 atom stereocenters. The Kier molecular flexibility index (Phi) is 4.77. The Labute approximate surface area is 127 Å². The molecule has 2 aromatic rings. The molecule has 110 valence electrons. The van der Waals surface area contributed by atoms with Crippen molar-refractivity contribution in [1.29, 1.82) is 0 Å². The highest BCUT2D eigenvalue weighted by atomic mass is 35.5. The molecule has 0 saturated heterocycles. The van der Waals surface area contributed by atoms with Gasteiger partial charge in [0.05, 0.1) is 10.5 Å². The number of benzene rings is 2. The monoisotopic (exact) mass is 306 g/mol. The van der Waals surface area contributed by atoms with Crippen LogP contribution in [-0.4, -0.2) is 4.92 Å².